The fraction of sp³-hybridized carbons (Fsp3) is 0.0215. The van der Waals surface area contributed by atoms with E-state index in [1.807, 2.05) is 172 Å². The summed E-state index contributed by atoms with van der Waals surface area (Å²) in [5.41, 5.74) is 10.9. The Morgan fingerprint density at radius 3 is 0.869 bits per heavy atom. The molecule has 14 nitrogen and oxygen atoms in total. The number of ketones is 2. The molecule has 0 radical (unpaired) electrons. The van der Waals surface area contributed by atoms with Crippen molar-refractivity contribution in [2.45, 2.75) is 0 Å². The van der Waals surface area contributed by atoms with Crippen LogP contribution in [-0.4, -0.2) is 80.5 Å². The van der Waals surface area contributed by atoms with Crippen molar-refractivity contribution in [1.82, 2.24) is 54.8 Å². The number of nitrogens with zero attached hydrogens (tertiary/aromatic N) is 12. The number of benzene rings is 10. The van der Waals surface area contributed by atoms with E-state index in [0.29, 0.717) is 22.3 Å². The minimum Gasteiger partial charge on any atom is -0.378 e. The molecule has 10 heterocycles. The van der Waals surface area contributed by atoms with Crippen LogP contribution in [0.3, 0.4) is 0 Å². The predicted molar refractivity (Wildman–Crippen MR) is 436 cm³/mol. The van der Waals surface area contributed by atoms with Gasteiger partial charge in [-0.2, -0.15) is 0 Å². The third kappa shape index (κ3) is 19.1. The molecule has 0 aliphatic rings. The van der Waals surface area contributed by atoms with Crippen molar-refractivity contribution in [1.29, 1.82) is 0 Å². The highest BCUT2D eigenvalue weighted by Gasteiger charge is 2.09. The average Bonchev–Trinajstić information content (AvgIpc) is 0.832. The molecule has 10 aromatic carbocycles. The van der Waals surface area contributed by atoms with Gasteiger partial charge in [-0.05, 0) is 171 Å². The summed E-state index contributed by atoms with van der Waals surface area (Å²) in [5, 5.41) is 15.7. The molecule has 0 atom stereocenters. The van der Waals surface area contributed by atoms with Crippen molar-refractivity contribution in [3.05, 3.63) is 412 Å². The minimum atomic E-state index is 0.0127. The Morgan fingerprint density at radius 1 is 0.206 bits per heavy atom. The van der Waals surface area contributed by atoms with Gasteiger partial charge in [-0.15, -0.1) is 0 Å². The number of anilines is 1. The molecule has 0 N–H and O–H groups in total. The first kappa shape index (κ1) is 70.8. The van der Waals surface area contributed by atoms with Crippen molar-refractivity contribution >= 4 is 126 Å². The molecule has 0 aliphatic heterocycles. The number of aromatic nitrogens is 11. The van der Waals surface area contributed by atoms with Gasteiger partial charge in [0.05, 0.1) is 38.6 Å². The highest BCUT2D eigenvalue weighted by atomic mass is 16.1. The van der Waals surface area contributed by atoms with Crippen LogP contribution in [0.25, 0.3) is 109 Å². The quantitative estimate of drug-likeness (QED) is 0.117. The van der Waals surface area contributed by atoms with E-state index in [2.05, 4.69) is 206 Å². The van der Waals surface area contributed by atoms with Gasteiger partial charge in [-0.25, -0.2) is 0 Å². The molecular formula is C93H70N12O2. The maximum absolute atomic E-state index is 11.8. The van der Waals surface area contributed by atoms with Gasteiger partial charge in [0, 0.05) is 167 Å². The zero-order valence-electron chi connectivity index (χ0n) is 58.6. The number of carbonyl (C=O) groups excluding carboxylic acids is 2. The Morgan fingerprint density at radius 2 is 0.477 bits per heavy atom. The fourth-order valence-electron chi connectivity index (χ4n) is 11.6. The summed E-state index contributed by atoms with van der Waals surface area (Å²) in [6.45, 7) is 0. The van der Waals surface area contributed by atoms with Crippen molar-refractivity contribution in [2.75, 3.05) is 19.0 Å². The van der Waals surface area contributed by atoms with E-state index in [1.54, 1.807) is 86.0 Å². The predicted octanol–water partition coefficient (Wildman–Crippen LogP) is 20.9. The summed E-state index contributed by atoms with van der Waals surface area (Å²) in [7, 11) is 4.02. The monoisotopic (exact) mass is 1390 g/mol. The van der Waals surface area contributed by atoms with E-state index >= 15 is 0 Å². The van der Waals surface area contributed by atoms with E-state index in [-0.39, 0.29) is 11.6 Å². The second-order valence-corrected chi connectivity index (χ2v) is 24.5. The van der Waals surface area contributed by atoms with Crippen molar-refractivity contribution in [3.63, 3.8) is 0 Å². The zero-order chi connectivity index (χ0) is 73.2. The Labute approximate surface area is 618 Å². The van der Waals surface area contributed by atoms with E-state index in [1.165, 1.54) is 54.2 Å². The standard InChI is InChI=1S/2C13H9N.3C12H8N2.2C12H9NO.C7H10N2/c1-2-5-11-9-13-12(6-3-7-14-13)8-10(11)4-1;1-2-4-11-8-13-9-14-6-5-12(13)7-10(11)3-1;2*1-3-9-7-12-10(4-2-6-14-12)8-11(9)13-5-1;1-2-4-10-8-12-11(7-9(10)3-1)13-5-6-14-12;14-12(10-5-2-1-3-6-10)11-7-4-8-13-9-11;14-12(10-4-2-1-3-5-10)11-6-8-13-9-7-11;1-9(2)7-3-5-8-6-4-7/h2*1-9H;3*1-8H;2*1-9H;3-6H,1-2H3. The third-order valence-corrected chi connectivity index (χ3v) is 17.1. The molecule has 0 spiro atoms. The van der Waals surface area contributed by atoms with Gasteiger partial charge >= 0.3 is 0 Å². The van der Waals surface area contributed by atoms with Crippen molar-refractivity contribution < 1.29 is 9.59 Å². The molecule has 20 rings (SSSR count). The van der Waals surface area contributed by atoms with Crippen LogP contribution in [0.15, 0.2) is 390 Å². The maximum atomic E-state index is 11.8. The summed E-state index contributed by atoms with van der Waals surface area (Å²) in [4.78, 5) is 71.6. The van der Waals surface area contributed by atoms with Gasteiger partial charge in [0.2, 0.25) is 0 Å². The molecule has 107 heavy (non-hydrogen) atoms. The Hall–Kier alpha value is -14.6. The van der Waals surface area contributed by atoms with Gasteiger partial charge in [0.1, 0.15) is 0 Å². The first-order valence-corrected chi connectivity index (χ1v) is 34.5. The van der Waals surface area contributed by atoms with Gasteiger partial charge in [0.15, 0.2) is 11.6 Å². The lowest BCUT2D eigenvalue weighted by Gasteiger charge is -2.10. The molecule has 20 aromatic rings. The van der Waals surface area contributed by atoms with Crippen LogP contribution < -0.4 is 4.90 Å². The van der Waals surface area contributed by atoms with Crippen LogP contribution in [0.4, 0.5) is 5.69 Å². The highest BCUT2D eigenvalue weighted by Crippen LogP contribution is 2.25. The second kappa shape index (κ2) is 35.8. The lowest BCUT2D eigenvalue weighted by atomic mass is 10.1. The molecule has 0 amide bonds. The minimum absolute atomic E-state index is 0.0127. The topological polar surface area (TPSA) is 179 Å². The molecule has 0 bridgehead atoms. The van der Waals surface area contributed by atoms with Gasteiger partial charge in [0.25, 0.3) is 0 Å². The molecule has 0 fully saturated rings. The van der Waals surface area contributed by atoms with Crippen LogP contribution in [0.1, 0.15) is 31.8 Å². The molecule has 0 saturated carbocycles. The number of pyridine rings is 9. The zero-order valence-corrected chi connectivity index (χ0v) is 58.6. The summed E-state index contributed by atoms with van der Waals surface area (Å²) in [6, 6.07) is 97.5. The molecule has 0 aliphatic carbocycles. The van der Waals surface area contributed by atoms with Crippen LogP contribution >= 0.6 is 0 Å². The number of rotatable bonds is 5. The maximum Gasteiger partial charge on any atom is 0.194 e. The van der Waals surface area contributed by atoms with E-state index in [4.69, 9.17) is 0 Å². The third-order valence-electron chi connectivity index (χ3n) is 17.1. The largest absolute Gasteiger partial charge is 0.378 e. The number of hydrogen-bond donors (Lipinski definition) is 0. The van der Waals surface area contributed by atoms with E-state index in [0.717, 1.165) is 60.2 Å². The van der Waals surface area contributed by atoms with Crippen molar-refractivity contribution in [3.8, 4) is 0 Å². The smallest absolute Gasteiger partial charge is 0.194 e. The molecule has 0 unspecified atom stereocenters. The number of hydrogen-bond acceptors (Lipinski definition) is 14. The number of carbonyl (C=O) groups is 2. The summed E-state index contributed by atoms with van der Waals surface area (Å²) >= 11 is 0. The van der Waals surface area contributed by atoms with Crippen LogP contribution in [-0.2, 0) is 0 Å². The summed E-state index contributed by atoms with van der Waals surface area (Å²) in [5.74, 6) is 0.0479. The Kier molecular flexibility index (Phi) is 23.7. The lowest BCUT2D eigenvalue weighted by Crippen LogP contribution is -2.07. The fourth-order valence-corrected chi connectivity index (χ4v) is 11.6. The first-order chi connectivity index (χ1) is 52.7. The molecule has 0 saturated heterocycles. The van der Waals surface area contributed by atoms with E-state index < -0.39 is 0 Å². The Bertz CT molecular complexity index is 4970. The average molecular weight is 1390 g/mol. The molecule has 10 aromatic heterocycles. The van der Waals surface area contributed by atoms with Gasteiger partial charge in [-0.3, -0.25) is 64.4 Å². The lowest BCUT2D eigenvalue weighted by molar-refractivity contribution is 0.103. The molecular weight excluding hydrogens is 1320 g/mol. The normalized spacial score (nSPS) is 10.4. The van der Waals surface area contributed by atoms with Gasteiger partial charge < -0.3 is 4.90 Å². The Balaban J connectivity index is 0.000000108. The molecule has 514 valence electrons. The second-order valence-electron chi connectivity index (χ2n) is 24.5. The van der Waals surface area contributed by atoms with Gasteiger partial charge in [-0.1, -0.05) is 164 Å². The first-order valence-electron chi connectivity index (χ1n) is 34.5. The summed E-state index contributed by atoms with van der Waals surface area (Å²) < 4.78 is 0. The summed E-state index contributed by atoms with van der Waals surface area (Å²) in [6.07, 6.45) is 26.3. The van der Waals surface area contributed by atoms with Crippen LogP contribution in [0, 0.1) is 0 Å². The van der Waals surface area contributed by atoms with Crippen molar-refractivity contribution in [2.24, 2.45) is 0 Å². The van der Waals surface area contributed by atoms with Crippen LogP contribution in [0.2, 0.25) is 0 Å². The highest BCUT2D eigenvalue weighted by molar-refractivity contribution is 6.09. The SMILES string of the molecule is CN(C)c1ccncc1.O=C(c1ccccc1)c1cccnc1.O=C(c1ccccc1)c1ccncc1.c1ccc2cc3cnccc3cc2c1.c1ccc2cc3ncccc3cc2c1.c1ccc2cc3nccnc3cc2c1.c1cnc2cc3cccnc3cc2c1.c1cnc2cc3cccnc3cc2c1. The van der Waals surface area contributed by atoms with Crippen LogP contribution in [0.5, 0.6) is 0 Å². The van der Waals surface area contributed by atoms with E-state index in [9.17, 15) is 9.59 Å². The number of fused-ring (bicyclic) bond motifs is 10. The molecule has 14 heteroatoms.